The van der Waals surface area contributed by atoms with Crippen molar-refractivity contribution < 1.29 is 23.1 Å². The van der Waals surface area contributed by atoms with Gasteiger partial charge < -0.3 is 20.6 Å². The van der Waals surface area contributed by atoms with E-state index in [-0.39, 0.29) is 16.1 Å². The van der Waals surface area contributed by atoms with Crippen LogP contribution in [0.2, 0.25) is 0 Å². The van der Waals surface area contributed by atoms with Crippen molar-refractivity contribution >= 4 is 34.3 Å². The Kier molecular flexibility index (Phi) is 5.81. The topological polar surface area (TPSA) is 98.7 Å². The second kappa shape index (κ2) is 8.06. The fourth-order valence-corrected chi connectivity index (χ4v) is 3.86. The van der Waals surface area contributed by atoms with Gasteiger partial charge in [0.15, 0.2) is 11.8 Å². The third kappa shape index (κ3) is 4.26. The van der Waals surface area contributed by atoms with E-state index in [2.05, 4.69) is 10.6 Å². The van der Waals surface area contributed by atoms with Gasteiger partial charge in [-0.15, -0.1) is 11.3 Å². The van der Waals surface area contributed by atoms with Crippen LogP contribution in [-0.4, -0.2) is 36.2 Å². The van der Waals surface area contributed by atoms with Crippen molar-refractivity contribution in [1.29, 1.82) is 0 Å². The number of hydrogen-bond acceptors (Lipinski definition) is 7. The number of anilines is 3. The Morgan fingerprint density at radius 3 is 2.29 bits per heavy atom. The number of benzene rings is 1. The number of thiophene rings is 1. The average Bonchev–Trinajstić information content (AvgIpc) is 3.12. The number of amides is 1. The number of phenolic OH excluding ortho intramolecular Hbond substituents is 1. The first-order chi connectivity index (χ1) is 14.4. The molecule has 0 saturated heterocycles. The minimum absolute atomic E-state index is 0.0644. The maximum Gasteiger partial charge on any atom is 0.413 e. The molecule has 0 bridgehead atoms. The lowest BCUT2D eigenvalue weighted by Gasteiger charge is -2.24. The molecule has 3 aromatic rings. The molecule has 0 saturated carbocycles. The highest BCUT2D eigenvalue weighted by Crippen LogP contribution is 2.40. The standard InChI is InChI=1S/C20H18F3N3O4S/c1-9-7-8-12(31-9)18(20(21,22)23)25-14-13(16(28)17(14)29)24-11-6-4-5-10(15(11)27)19(30)26(2)3/h4-8,18,24-25,27H,1-3H3. The summed E-state index contributed by atoms with van der Waals surface area (Å²) in [5.41, 5.74) is -3.28. The van der Waals surface area contributed by atoms with Crippen LogP contribution < -0.4 is 21.5 Å². The third-order valence-electron chi connectivity index (χ3n) is 4.50. The summed E-state index contributed by atoms with van der Waals surface area (Å²) in [4.78, 5) is 38.0. The molecule has 0 aliphatic rings. The Labute approximate surface area is 178 Å². The van der Waals surface area contributed by atoms with E-state index in [1.165, 1.54) is 49.3 Å². The summed E-state index contributed by atoms with van der Waals surface area (Å²) in [5, 5.41) is 15.0. The number of hydrogen-bond donors (Lipinski definition) is 3. The Bertz CT molecular complexity index is 1210. The number of nitrogens with zero attached hydrogens (tertiary/aromatic N) is 1. The smallest absolute Gasteiger partial charge is 0.413 e. The van der Waals surface area contributed by atoms with E-state index >= 15 is 0 Å². The lowest BCUT2D eigenvalue weighted by Crippen LogP contribution is -2.39. The molecule has 31 heavy (non-hydrogen) atoms. The van der Waals surface area contributed by atoms with Gasteiger partial charge in [0.05, 0.1) is 11.3 Å². The van der Waals surface area contributed by atoms with Gasteiger partial charge in [-0.3, -0.25) is 14.4 Å². The summed E-state index contributed by atoms with van der Waals surface area (Å²) in [6, 6.07) is 4.73. The van der Waals surface area contributed by atoms with Gasteiger partial charge in [-0.2, -0.15) is 13.2 Å². The molecular formula is C20H18F3N3O4S. The normalized spacial score (nSPS) is 12.6. The number of nitrogens with one attached hydrogen (secondary N) is 2. The quantitative estimate of drug-likeness (QED) is 0.390. The predicted octanol–water partition coefficient (Wildman–Crippen LogP) is 3.52. The predicted molar refractivity (Wildman–Crippen MR) is 112 cm³/mol. The van der Waals surface area contributed by atoms with E-state index < -0.39 is 46.1 Å². The molecule has 0 aliphatic carbocycles. The summed E-state index contributed by atoms with van der Waals surface area (Å²) in [6.07, 6.45) is -4.73. The van der Waals surface area contributed by atoms with E-state index in [4.69, 9.17) is 0 Å². The zero-order valence-electron chi connectivity index (χ0n) is 16.6. The lowest BCUT2D eigenvalue weighted by molar-refractivity contribution is -0.143. The summed E-state index contributed by atoms with van der Waals surface area (Å²) >= 11 is 0.913. The molecule has 0 fully saturated rings. The van der Waals surface area contributed by atoms with Crippen LogP contribution in [0.1, 0.15) is 26.2 Å². The van der Waals surface area contributed by atoms with Crippen LogP contribution in [0.4, 0.5) is 30.2 Å². The molecule has 164 valence electrons. The Morgan fingerprint density at radius 2 is 1.74 bits per heavy atom. The van der Waals surface area contributed by atoms with Crippen LogP contribution in [0.15, 0.2) is 39.9 Å². The maximum absolute atomic E-state index is 13.6. The number of aromatic hydroxyl groups is 1. The highest BCUT2D eigenvalue weighted by molar-refractivity contribution is 7.12. The van der Waals surface area contributed by atoms with Crippen molar-refractivity contribution in [2.24, 2.45) is 0 Å². The zero-order chi connectivity index (χ0) is 23.1. The number of carbonyl (C=O) groups excluding carboxylic acids is 1. The second-order valence-corrected chi connectivity index (χ2v) is 8.32. The van der Waals surface area contributed by atoms with E-state index in [1.807, 2.05) is 0 Å². The van der Waals surface area contributed by atoms with Crippen LogP contribution in [0.25, 0.3) is 0 Å². The molecule has 1 aromatic heterocycles. The van der Waals surface area contributed by atoms with Crippen molar-refractivity contribution in [3.8, 4) is 5.75 Å². The van der Waals surface area contributed by atoms with Crippen molar-refractivity contribution in [1.82, 2.24) is 4.90 Å². The van der Waals surface area contributed by atoms with Crippen LogP contribution in [0.3, 0.4) is 0 Å². The molecule has 3 rings (SSSR count). The molecule has 1 heterocycles. The highest BCUT2D eigenvalue weighted by Gasteiger charge is 2.43. The number of aryl methyl sites for hydroxylation is 1. The van der Waals surface area contributed by atoms with Gasteiger partial charge in [-0.1, -0.05) is 6.07 Å². The van der Waals surface area contributed by atoms with Crippen LogP contribution in [0.5, 0.6) is 5.75 Å². The highest BCUT2D eigenvalue weighted by atomic mass is 32.1. The molecule has 0 radical (unpaired) electrons. The molecule has 1 atom stereocenters. The molecule has 11 heteroatoms. The van der Waals surface area contributed by atoms with Crippen LogP contribution in [0, 0.1) is 6.92 Å². The molecular weight excluding hydrogens is 435 g/mol. The number of carbonyl (C=O) groups is 1. The fourth-order valence-electron chi connectivity index (χ4n) is 2.91. The third-order valence-corrected chi connectivity index (χ3v) is 5.57. The number of para-hydroxylation sites is 1. The summed E-state index contributed by atoms with van der Waals surface area (Å²) in [6.45, 7) is 1.65. The van der Waals surface area contributed by atoms with Gasteiger partial charge in [-0.05, 0) is 31.2 Å². The van der Waals surface area contributed by atoms with E-state index in [1.54, 1.807) is 6.92 Å². The Balaban J connectivity index is 1.96. The summed E-state index contributed by atoms with van der Waals surface area (Å²) in [5.74, 6) is -1.02. The van der Waals surface area contributed by atoms with Gasteiger partial charge in [0.2, 0.25) is 0 Å². The van der Waals surface area contributed by atoms with Gasteiger partial charge in [-0.25, -0.2) is 0 Å². The Morgan fingerprint density at radius 1 is 1.10 bits per heavy atom. The SMILES string of the molecule is Cc1ccc(C(Nc2c(Nc3cccc(C(=O)N(C)C)c3O)c(=O)c2=O)C(F)(F)F)s1. The van der Waals surface area contributed by atoms with Gasteiger partial charge >= 0.3 is 6.18 Å². The molecule has 1 unspecified atom stereocenters. The van der Waals surface area contributed by atoms with Gasteiger partial charge in [0, 0.05) is 23.8 Å². The van der Waals surface area contributed by atoms with Crippen molar-refractivity contribution in [3.05, 3.63) is 66.1 Å². The Hall–Kier alpha value is -3.34. The first-order valence-corrected chi connectivity index (χ1v) is 9.77. The molecule has 0 aliphatic heterocycles. The second-order valence-electron chi connectivity index (χ2n) is 7.00. The van der Waals surface area contributed by atoms with E-state index in [9.17, 15) is 32.7 Å². The van der Waals surface area contributed by atoms with Gasteiger partial charge in [0.1, 0.15) is 11.4 Å². The van der Waals surface area contributed by atoms with Crippen LogP contribution in [-0.2, 0) is 0 Å². The van der Waals surface area contributed by atoms with Crippen molar-refractivity contribution in [2.75, 3.05) is 24.7 Å². The van der Waals surface area contributed by atoms with Gasteiger partial charge in [0.25, 0.3) is 16.8 Å². The van der Waals surface area contributed by atoms with E-state index in [0.29, 0.717) is 4.88 Å². The summed E-state index contributed by atoms with van der Waals surface area (Å²) < 4.78 is 40.9. The molecule has 1 amide bonds. The molecule has 3 N–H and O–H groups in total. The van der Waals surface area contributed by atoms with E-state index in [0.717, 1.165) is 11.3 Å². The minimum Gasteiger partial charge on any atom is -0.505 e. The first-order valence-electron chi connectivity index (χ1n) is 8.95. The average molecular weight is 453 g/mol. The number of halogens is 3. The molecule has 2 aromatic carbocycles. The fraction of sp³-hybridized carbons (Fsp3) is 0.250. The first kappa shape index (κ1) is 22.3. The minimum atomic E-state index is -4.73. The largest absolute Gasteiger partial charge is 0.505 e. The zero-order valence-corrected chi connectivity index (χ0v) is 17.4. The number of alkyl halides is 3. The lowest BCUT2D eigenvalue weighted by atomic mass is 10.1. The molecule has 0 spiro atoms. The monoisotopic (exact) mass is 453 g/mol. The number of rotatable bonds is 6. The van der Waals surface area contributed by atoms with Crippen molar-refractivity contribution in [3.63, 3.8) is 0 Å². The van der Waals surface area contributed by atoms with Crippen molar-refractivity contribution in [2.45, 2.75) is 19.1 Å². The van der Waals surface area contributed by atoms with Crippen LogP contribution >= 0.6 is 11.3 Å². The number of phenols is 1. The summed E-state index contributed by atoms with van der Waals surface area (Å²) in [7, 11) is 2.95. The maximum atomic E-state index is 13.6. The molecule has 7 nitrogen and oxygen atoms in total.